The van der Waals surface area contributed by atoms with E-state index >= 15 is 0 Å². The van der Waals surface area contributed by atoms with E-state index in [1.807, 2.05) is 0 Å². The largest absolute Gasteiger partial charge is 0.573 e. The summed E-state index contributed by atoms with van der Waals surface area (Å²) in [6.45, 7) is 0. The molecule has 3 aromatic rings. The average molecular weight is 714 g/mol. The fourth-order valence-corrected chi connectivity index (χ4v) is 4.31. The molecule has 238 valence electrons. The standard InChI is InChI=1S/C26H13BrF13NO3/c27-18-9-15(22(28,24(32,33)34)25(35,36)37)10-20(44-26(38,39)40)17(18)11-19(42)13-2-1-3-16(8-13)41-21(43)12-4-6-14(7-5-12)23(29,30)31/h1-10H,11H2,(H,41,43). The van der Waals surface area contributed by atoms with Crippen LogP contribution in [-0.2, 0) is 18.3 Å². The van der Waals surface area contributed by atoms with Crippen LogP contribution < -0.4 is 10.1 Å². The van der Waals surface area contributed by atoms with Crippen molar-refractivity contribution in [1.29, 1.82) is 0 Å². The lowest BCUT2D eigenvalue weighted by Gasteiger charge is -2.31. The summed E-state index contributed by atoms with van der Waals surface area (Å²) in [7, 11) is 0. The first-order valence-electron chi connectivity index (χ1n) is 11.5. The topological polar surface area (TPSA) is 55.4 Å². The van der Waals surface area contributed by atoms with Crippen molar-refractivity contribution in [3.05, 3.63) is 93.0 Å². The summed E-state index contributed by atoms with van der Waals surface area (Å²) >= 11 is 2.49. The van der Waals surface area contributed by atoms with Crippen LogP contribution in [0.5, 0.6) is 5.75 Å². The molecular formula is C26H13BrF13NO3. The van der Waals surface area contributed by atoms with Crippen molar-refractivity contribution < 1.29 is 71.4 Å². The maximum atomic E-state index is 14.6. The predicted octanol–water partition coefficient (Wildman–Crippen LogP) is 9.33. The Morgan fingerprint density at radius 2 is 1.27 bits per heavy atom. The van der Waals surface area contributed by atoms with Gasteiger partial charge >= 0.3 is 30.6 Å². The number of nitrogens with one attached hydrogen (secondary N) is 1. The lowest BCUT2D eigenvalue weighted by atomic mass is 9.91. The Balaban J connectivity index is 1.95. The highest BCUT2D eigenvalue weighted by molar-refractivity contribution is 9.10. The maximum absolute atomic E-state index is 14.6. The molecule has 0 aliphatic rings. The summed E-state index contributed by atoms with van der Waals surface area (Å²) in [6.07, 6.45) is -24.8. The molecule has 0 aliphatic heterocycles. The second-order valence-electron chi connectivity index (χ2n) is 8.85. The lowest BCUT2D eigenvalue weighted by molar-refractivity contribution is -0.348. The molecule has 4 nitrogen and oxygen atoms in total. The van der Waals surface area contributed by atoms with Gasteiger partial charge in [0.15, 0.2) is 5.78 Å². The van der Waals surface area contributed by atoms with Gasteiger partial charge in [0.05, 0.1) is 5.56 Å². The Labute approximate surface area is 245 Å². The quantitative estimate of drug-likeness (QED) is 0.196. The molecule has 0 spiro atoms. The van der Waals surface area contributed by atoms with Crippen LogP contribution in [0.25, 0.3) is 0 Å². The number of amides is 1. The highest BCUT2D eigenvalue weighted by Crippen LogP contribution is 2.54. The second kappa shape index (κ2) is 11.9. The summed E-state index contributed by atoms with van der Waals surface area (Å²) < 4.78 is 174. The average Bonchev–Trinajstić information content (AvgIpc) is 2.87. The molecule has 1 N–H and O–H groups in total. The number of ketones is 1. The number of rotatable bonds is 7. The van der Waals surface area contributed by atoms with Gasteiger partial charge < -0.3 is 10.1 Å². The minimum absolute atomic E-state index is 0.0898. The van der Waals surface area contributed by atoms with E-state index in [0.29, 0.717) is 12.1 Å². The Kier molecular flexibility index (Phi) is 9.40. The van der Waals surface area contributed by atoms with Gasteiger partial charge in [-0.2, -0.15) is 39.5 Å². The van der Waals surface area contributed by atoms with E-state index in [0.717, 1.165) is 24.3 Å². The van der Waals surface area contributed by atoms with E-state index < -0.39 is 81.7 Å². The molecule has 0 atom stereocenters. The molecule has 18 heteroatoms. The molecule has 1 amide bonds. The van der Waals surface area contributed by atoms with Crippen molar-refractivity contribution in [2.45, 2.75) is 37.0 Å². The SMILES string of the molecule is O=C(Cc1c(Br)cc(C(F)(C(F)(F)F)C(F)(F)F)cc1OC(F)(F)F)c1cccc(NC(=O)c2ccc(C(F)(F)F)cc2)c1. The van der Waals surface area contributed by atoms with Crippen LogP contribution in [-0.4, -0.2) is 30.4 Å². The Hall–Kier alpha value is -3.83. The zero-order valence-corrected chi connectivity index (χ0v) is 22.6. The van der Waals surface area contributed by atoms with Crippen LogP contribution >= 0.6 is 15.9 Å². The monoisotopic (exact) mass is 713 g/mol. The van der Waals surface area contributed by atoms with Crippen molar-refractivity contribution in [1.82, 2.24) is 0 Å². The number of hydrogen-bond acceptors (Lipinski definition) is 3. The summed E-state index contributed by atoms with van der Waals surface area (Å²) in [4.78, 5) is 25.3. The number of carbonyl (C=O) groups is 2. The van der Waals surface area contributed by atoms with E-state index in [1.165, 1.54) is 12.1 Å². The first-order valence-corrected chi connectivity index (χ1v) is 12.3. The number of halogens is 14. The zero-order valence-electron chi connectivity index (χ0n) is 21.0. The van der Waals surface area contributed by atoms with E-state index in [2.05, 4.69) is 26.0 Å². The van der Waals surface area contributed by atoms with Crippen LogP contribution in [0.15, 0.2) is 65.1 Å². The van der Waals surface area contributed by atoms with Crippen LogP contribution in [0.2, 0.25) is 0 Å². The first kappa shape index (κ1) is 34.7. The second-order valence-corrected chi connectivity index (χ2v) is 9.70. The van der Waals surface area contributed by atoms with Crippen molar-refractivity contribution in [2.75, 3.05) is 5.32 Å². The molecule has 0 heterocycles. The normalized spacial score (nSPS) is 13.0. The molecule has 0 fully saturated rings. The summed E-state index contributed by atoms with van der Waals surface area (Å²) in [5, 5.41) is 2.27. The third kappa shape index (κ3) is 7.62. The molecule has 3 rings (SSSR count). The lowest BCUT2D eigenvalue weighted by Crippen LogP contribution is -2.50. The van der Waals surface area contributed by atoms with Crippen molar-refractivity contribution >= 4 is 33.3 Å². The van der Waals surface area contributed by atoms with Gasteiger partial charge in [-0.15, -0.1) is 13.2 Å². The molecular weight excluding hydrogens is 701 g/mol. The number of ether oxygens (including phenoxy) is 1. The molecule has 0 aromatic heterocycles. The van der Waals surface area contributed by atoms with Crippen molar-refractivity contribution in [3.8, 4) is 5.75 Å². The number of Topliss-reactive ketones (excluding diaryl/α,β-unsaturated/α-hetero) is 1. The molecule has 0 aliphatic carbocycles. The van der Waals surface area contributed by atoms with Gasteiger partial charge in [-0.1, -0.05) is 28.1 Å². The number of benzene rings is 3. The molecule has 0 radical (unpaired) electrons. The fourth-order valence-electron chi connectivity index (χ4n) is 3.73. The van der Waals surface area contributed by atoms with E-state index in [1.54, 1.807) is 0 Å². The van der Waals surface area contributed by atoms with Gasteiger partial charge in [0.25, 0.3) is 5.91 Å². The van der Waals surface area contributed by atoms with Crippen LogP contribution in [0.1, 0.15) is 37.4 Å². The fraction of sp³-hybridized carbons (Fsp3) is 0.231. The number of carbonyl (C=O) groups excluding carboxylic acids is 2. The van der Waals surface area contributed by atoms with Crippen LogP contribution in [0.4, 0.5) is 62.8 Å². The van der Waals surface area contributed by atoms with E-state index in [-0.39, 0.29) is 22.9 Å². The van der Waals surface area contributed by atoms with Gasteiger partial charge in [-0.25, -0.2) is 4.39 Å². The minimum atomic E-state index is -6.66. The van der Waals surface area contributed by atoms with Gasteiger partial charge in [0.2, 0.25) is 0 Å². The summed E-state index contributed by atoms with van der Waals surface area (Å²) in [5.41, 5.74) is -11.1. The Morgan fingerprint density at radius 3 is 1.77 bits per heavy atom. The predicted molar refractivity (Wildman–Crippen MR) is 130 cm³/mol. The Morgan fingerprint density at radius 1 is 0.705 bits per heavy atom. The highest BCUT2D eigenvalue weighted by atomic mass is 79.9. The van der Waals surface area contributed by atoms with E-state index in [9.17, 15) is 66.7 Å². The summed E-state index contributed by atoms with van der Waals surface area (Å²) in [6, 6.07) is 6.89. The summed E-state index contributed by atoms with van der Waals surface area (Å²) in [5.74, 6) is -3.75. The van der Waals surface area contributed by atoms with E-state index in [4.69, 9.17) is 0 Å². The first-order chi connectivity index (χ1) is 19.9. The van der Waals surface area contributed by atoms with Gasteiger partial charge in [-0.05, 0) is 48.5 Å². The maximum Gasteiger partial charge on any atom is 0.573 e. The molecule has 0 unspecified atom stereocenters. The molecule has 0 saturated carbocycles. The van der Waals surface area contributed by atoms with Crippen LogP contribution in [0.3, 0.4) is 0 Å². The zero-order chi connectivity index (χ0) is 33.5. The molecule has 0 bridgehead atoms. The minimum Gasteiger partial charge on any atom is -0.405 e. The number of anilines is 1. The molecule has 44 heavy (non-hydrogen) atoms. The highest BCUT2D eigenvalue weighted by Gasteiger charge is 2.73. The Bertz CT molecular complexity index is 1530. The molecule has 0 saturated heterocycles. The van der Waals surface area contributed by atoms with Gasteiger partial charge in [0, 0.05) is 38.8 Å². The van der Waals surface area contributed by atoms with Gasteiger partial charge in [-0.3, -0.25) is 9.59 Å². The third-order valence-corrected chi connectivity index (χ3v) is 6.52. The third-order valence-electron chi connectivity index (χ3n) is 5.81. The van der Waals surface area contributed by atoms with Gasteiger partial charge in [0.1, 0.15) is 5.75 Å². The number of hydrogen-bond donors (Lipinski definition) is 1. The number of alkyl halides is 13. The van der Waals surface area contributed by atoms with Crippen molar-refractivity contribution in [2.24, 2.45) is 0 Å². The molecule has 3 aromatic carbocycles. The van der Waals surface area contributed by atoms with Crippen LogP contribution in [0, 0.1) is 0 Å². The van der Waals surface area contributed by atoms with Crippen molar-refractivity contribution in [3.63, 3.8) is 0 Å². The smallest absolute Gasteiger partial charge is 0.405 e.